The lowest BCUT2D eigenvalue weighted by Crippen LogP contribution is -2.19. The van der Waals surface area contributed by atoms with Gasteiger partial charge in [0.2, 0.25) is 0 Å². The molecule has 1 aromatic rings. The minimum atomic E-state index is 0.792. The molecule has 0 radical (unpaired) electrons. The quantitative estimate of drug-likeness (QED) is 0.335. The fourth-order valence-electron chi connectivity index (χ4n) is 1.04. The van der Waals surface area contributed by atoms with Crippen LogP contribution >= 0.6 is 12.6 Å². The van der Waals surface area contributed by atoms with Crippen molar-refractivity contribution in [3.05, 3.63) is 35.2 Å². The summed E-state index contributed by atoms with van der Waals surface area (Å²) in [5.74, 6) is 5.32. The van der Waals surface area contributed by atoms with Gasteiger partial charge in [-0.15, -0.1) is 12.6 Å². The van der Waals surface area contributed by atoms with Gasteiger partial charge in [0.25, 0.3) is 0 Å². The van der Waals surface area contributed by atoms with E-state index in [1.807, 2.05) is 31.3 Å². The molecule has 0 aliphatic heterocycles. The third-order valence-electron chi connectivity index (χ3n) is 1.75. The van der Waals surface area contributed by atoms with Crippen molar-refractivity contribution < 1.29 is 0 Å². The van der Waals surface area contributed by atoms with E-state index in [9.17, 15) is 0 Å². The zero-order valence-corrected chi connectivity index (χ0v) is 8.31. The minimum absolute atomic E-state index is 0.792. The summed E-state index contributed by atoms with van der Waals surface area (Å²) in [5.41, 5.74) is 5.41. The molecule has 0 amide bonds. The van der Waals surface area contributed by atoms with Crippen LogP contribution in [0.1, 0.15) is 5.56 Å². The van der Waals surface area contributed by atoms with Crippen LogP contribution in [0.25, 0.3) is 5.70 Å². The molecule has 3 nitrogen and oxygen atoms in total. The van der Waals surface area contributed by atoms with E-state index < -0.39 is 0 Å². The molecule has 4 N–H and O–H groups in total. The van der Waals surface area contributed by atoms with Crippen LogP contribution in [0, 0.1) is 0 Å². The van der Waals surface area contributed by atoms with Crippen LogP contribution in [0.5, 0.6) is 0 Å². The maximum atomic E-state index is 5.32. The Labute approximate surface area is 83.4 Å². The van der Waals surface area contributed by atoms with Crippen LogP contribution in [0.3, 0.4) is 0 Å². The van der Waals surface area contributed by atoms with Crippen LogP contribution in [0.4, 0.5) is 5.69 Å². The molecule has 4 heteroatoms. The number of hydrazine groups is 1. The van der Waals surface area contributed by atoms with Crippen molar-refractivity contribution in [3.63, 3.8) is 0 Å². The summed E-state index contributed by atoms with van der Waals surface area (Å²) in [4.78, 5) is 0. The summed E-state index contributed by atoms with van der Waals surface area (Å²) in [7, 11) is 1.87. The summed E-state index contributed by atoms with van der Waals surface area (Å²) in [6.45, 7) is 0. The predicted molar refractivity (Wildman–Crippen MR) is 60.3 cm³/mol. The normalized spacial score (nSPS) is 11.2. The molecule has 0 saturated carbocycles. The molecule has 0 aliphatic carbocycles. The van der Waals surface area contributed by atoms with E-state index in [4.69, 9.17) is 5.84 Å². The Hall–Kier alpha value is -1.13. The van der Waals surface area contributed by atoms with E-state index >= 15 is 0 Å². The second kappa shape index (κ2) is 4.79. The first-order valence-electron chi connectivity index (χ1n) is 3.91. The average molecular weight is 195 g/mol. The first-order valence-corrected chi connectivity index (χ1v) is 4.42. The lowest BCUT2D eigenvalue weighted by atomic mass is 10.1. The lowest BCUT2D eigenvalue weighted by molar-refractivity contribution is 0.994. The summed E-state index contributed by atoms with van der Waals surface area (Å²) in [6, 6.07) is 7.89. The Kier molecular flexibility index (Phi) is 3.67. The summed E-state index contributed by atoms with van der Waals surface area (Å²) >= 11 is 4.05. The fourth-order valence-corrected chi connectivity index (χ4v) is 1.26. The Bertz CT molecular complexity index is 309. The highest BCUT2D eigenvalue weighted by Crippen LogP contribution is 2.16. The highest BCUT2D eigenvalue weighted by molar-refractivity contribution is 7.83. The van der Waals surface area contributed by atoms with Gasteiger partial charge in [0.1, 0.15) is 0 Å². The molecule has 0 bridgehead atoms. The second-order valence-corrected chi connectivity index (χ2v) is 2.78. The zero-order chi connectivity index (χ0) is 9.68. The summed E-state index contributed by atoms with van der Waals surface area (Å²) in [6.07, 6.45) is 0. The number of nitrogens with two attached hydrogens (primary N) is 1. The molecule has 0 spiro atoms. The maximum Gasteiger partial charge on any atom is 0.0618 e. The van der Waals surface area contributed by atoms with Crippen molar-refractivity contribution in [2.45, 2.75) is 0 Å². The van der Waals surface area contributed by atoms with Crippen molar-refractivity contribution in [2.75, 3.05) is 12.4 Å². The topological polar surface area (TPSA) is 50.1 Å². The number of benzene rings is 1. The Morgan fingerprint density at radius 3 is 2.85 bits per heavy atom. The molecule has 0 fully saturated rings. The van der Waals surface area contributed by atoms with Crippen molar-refractivity contribution >= 4 is 24.0 Å². The number of rotatable bonds is 3. The molecule has 0 aromatic heterocycles. The number of anilines is 1. The molecular weight excluding hydrogens is 182 g/mol. The molecule has 0 heterocycles. The highest BCUT2D eigenvalue weighted by Gasteiger charge is 1.98. The first-order chi connectivity index (χ1) is 6.31. The van der Waals surface area contributed by atoms with E-state index in [0.717, 1.165) is 16.9 Å². The van der Waals surface area contributed by atoms with Crippen molar-refractivity contribution in [1.29, 1.82) is 0 Å². The molecule has 0 aliphatic rings. The van der Waals surface area contributed by atoms with Gasteiger partial charge in [0.05, 0.1) is 5.70 Å². The van der Waals surface area contributed by atoms with E-state index in [2.05, 4.69) is 23.4 Å². The smallest absolute Gasteiger partial charge is 0.0618 e. The van der Waals surface area contributed by atoms with Gasteiger partial charge in [-0.2, -0.15) is 0 Å². The van der Waals surface area contributed by atoms with E-state index in [0.29, 0.717) is 0 Å². The Balaban J connectivity index is 3.00. The predicted octanol–water partition coefficient (Wildman–Crippen LogP) is 1.42. The SMILES string of the molecule is CNc1cccc(/C(=C/S)NN)c1. The minimum Gasteiger partial charge on any atom is -0.388 e. The van der Waals surface area contributed by atoms with Gasteiger partial charge < -0.3 is 10.7 Å². The van der Waals surface area contributed by atoms with Gasteiger partial charge in [-0.3, -0.25) is 5.84 Å². The number of hydrogen-bond acceptors (Lipinski definition) is 4. The van der Waals surface area contributed by atoms with Crippen LogP contribution in [-0.4, -0.2) is 7.05 Å². The molecule has 0 unspecified atom stereocenters. The molecule has 13 heavy (non-hydrogen) atoms. The third kappa shape index (κ3) is 2.40. The largest absolute Gasteiger partial charge is 0.388 e. The van der Waals surface area contributed by atoms with Gasteiger partial charge in [0.15, 0.2) is 0 Å². The van der Waals surface area contributed by atoms with Gasteiger partial charge in [-0.25, -0.2) is 0 Å². The van der Waals surface area contributed by atoms with E-state index in [-0.39, 0.29) is 0 Å². The zero-order valence-electron chi connectivity index (χ0n) is 7.41. The number of nitrogens with one attached hydrogen (secondary N) is 2. The maximum absolute atomic E-state index is 5.32. The van der Waals surface area contributed by atoms with Crippen molar-refractivity contribution in [1.82, 2.24) is 5.43 Å². The molecule has 1 aromatic carbocycles. The highest BCUT2D eigenvalue weighted by atomic mass is 32.1. The average Bonchev–Trinajstić information content (AvgIpc) is 2.20. The van der Waals surface area contributed by atoms with Crippen molar-refractivity contribution in [3.8, 4) is 0 Å². The van der Waals surface area contributed by atoms with E-state index in [1.165, 1.54) is 0 Å². The fraction of sp³-hybridized carbons (Fsp3) is 0.111. The van der Waals surface area contributed by atoms with Gasteiger partial charge in [-0.1, -0.05) is 12.1 Å². The second-order valence-electron chi connectivity index (χ2n) is 2.52. The molecule has 70 valence electrons. The summed E-state index contributed by atoms with van der Waals surface area (Å²) < 4.78 is 0. The van der Waals surface area contributed by atoms with Crippen molar-refractivity contribution in [2.24, 2.45) is 5.84 Å². The number of hydrogen-bond donors (Lipinski definition) is 4. The van der Waals surface area contributed by atoms with Crippen LogP contribution < -0.4 is 16.6 Å². The van der Waals surface area contributed by atoms with Crippen LogP contribution in [0.15, 0.2) is 29.7 Å². The van der Waals surface area contributed by atoms with Gasteiger partial charge in [0, 0.05) is 18.3 Å². The Morgan fingerprint density at radius 1 is 1.54 bits per heavy atom. The molecule has 1 rings (SSSR count). The first kappa shape index (κ1) is 9.95. The Morgan fingerprint density at radius 2 is 2.31 bits per heavy atom. The van der Waals surface area contributed by atoms with E-state index in [1.54, 1.807) is 5.41 Å². The molecule has 0 saturated heterocycles. The van der Waals surface area contributed by atoms with Crippen LogP contribution in [0.2, 0.25) is 0 Å². The lowest BCUT2D eigenvalue weighted by Gasteiger charge is -2.07. The van der Waals surface area contributed by atoms with Gasteiger partial charge in [-0.05, 0) is 17.5 Å². The monoisotopic (exact) mass is 195 g/mol. The molecule has 0 atom stereocenters. The third-order valence-corrected chi connectivity index (χ3v) is 2.01. The van der Waals surface area contributed by atoms with Crippen LogP contribution in [-0.2, 0) is 0 Å². The standard InChI is InChI=1S/C9H13N3S/c1-11-8-4-2-3-7(5-8)9(6-13)12-10/h2-6,11-13H,10H2,1H3/b9-6-. The van der Waals surface area contributed by atoms with Gasteiger partial charge >= 0.3 is 0 Å². The summed E-state index contributed by atoms with van der Waals surface area (Å²) in [5, 5.41) is 4.68. The molecular formula is C9H13N3S. The number of thiol groups is 1.